The van der Waals surface area contributed by atoms with Gasteiger partial charge in [0, 0.05) is 10.0 Å². The Hall–Kier alpha value is -1.18. The van der Waals surface area contributed by atoms with E-state index in [0.717, 1.165) is 13.0 Å². The molecule has 0 fully saturated rings. The third kappa shape index (κ3) is 3.41. The Morgan fingerprint density at radius 2 is 1.89 bits per heavy atom. The van der Waals surface area contributed by atoms with E-state index in [1.165, 1.54) is 0 Å². The Morgan fingerprint density at radius 1 is 1.33 bits per heavy atom. The summed E-state index contributed by atoms with van der Waals surface area (Å²) in [4.78, 5) is 11.1. The molecule has 0 aromatic heterocycles. The number of ether oxygens (including phenoxy) is 1. The van der Waals surface area contributed by atoms with Crippen molar-refractivity contribution in [3.05, 3.63) is 27.7 Å². The fourth-order valence-corrected chi connectivity index (χ4v) is 1.98. The van der Waals surface area contributed by atoms with Crippen LogP contribution in [0.4, 0.5) is 22.0 Å². The summed E-state index contributed by atoms with van der Waals surface area (Å²) in [7, 11) is 0. The topological polar surface area (TPSA) is 26.3 Å². The van der Waals surface area contributed by atoms with Gasteiger partial charge in [-0.25, -0.2) is 0 Å². The second-order valence-electron chi connectivity index (χ2n) is 3.26. The lowest BCUT2D eigenvalue weighted by Gasteiger charge is -2.15. The van der Waals surface area contributed by atoms with Crippen molar-refractivity contribution < 1.29 is 31.5 Å². The predicted octanol–water partition coefficient (Wildman–Crippen LogP) is 4.27. The van der Waals surface area contributed by atoms with Crippen LogP contribution in [0.1, 0.15) is 22.8 Å². The van der Waals surface area contributed by atoms with Crippen LogP contribution in [-0.2, 0) is 6.18 Å². The highest BCUT2D eigenvalue weighted by molar-refractivity contribution is 9.10. The van der Waals surface area contributed by atoms with Crippen molar-refractivity contribution in [1.82, 2.24) is 0 Å². The van der Waals surface area contributed by atoms with E-state index < -0.39 is 39.9 Å². The quantitative estimate of drug-likeness (QED) is 0.610. The molecule has 0 heterocycles. The Kier molecular flexibility index (Phi) is 4.31. The van der Waals surface area contributed by atoms with Crippen molar-refractivity contribution >= 4 is 21.7 Å². The highest BCUT2D eigenvalue weighted by Crippen LogP contribution is 2.40. The van der Waals surface area contributed by atoms with Gasteiger partial charge in [0.25, 0.3) is 0 Å². The van der Waals surface area contributed by atoms with E-state index in [1.54, 1.807) is 0 Å². The molecule has 0 spiro atoms. The summed E-state index contributed by atoms with van der Waals surface area (Å²) in [5.41, 5.74) is -1.94. The van der Waals surface area contributed by atoms with Crippen molar-refractivity contribution in [2.24, 2.45) is 0 Å². The van der Waals surface area contributed by atoms with Gasteiger partial charge in [0.1, 0.15) is 5.75 Å². The van der Waals surface area contributed by atoms with Crippen molar-refractivity contribution in [3.63, 3.8) is 0 Å². The molecule has 0 unspecified atom stereocenters. The molecule has 0 amide bonds. The van der Waals surface area contributed by atoms with Gasteiger partial charge in [-0.3, -0.25) is 4.79 Å². The molecule has 1 rings (SSSR count). The summed E-state index contributed by atoms with van der Waals surface area (Å²) in [5.74, 6) is -1.42. The van der Waals surface area contributed by atoms with Crippen molar-refractivity contribution in [3.8, 4) is 5.75 Å². The summed E-state index contributed by atoms with van der Waals surface area (Å²) in [6.07, 6.45) is -4.77. The summed E-state index contributed by atoms with van der Waals surface area (Å²) >= 11 is 2.59. The molecule has 8 heteroatoms. The Morgan fingerprint density at radius 3 is 2.28 bits per heavy atom. The number of ketones is 1. The highest BCUT2D eigenvalue weighted by atomic mass is 79.9. The summed E-state index contributed by atoms with van der Waals surface area (Å²) in [5, 5.41) is 0. The largest absolute Gasteiger partial charge is 0.435 e. The molecule has 0 N–H and O–H groups in total. The summed E-state index contributed by atoms with van der Waals surface area (Å²) in [6, 6.07) is 1.38. The maximum Gasteiger partial charge on any atom is 0.418 e. The molecule has 0 atom stereocenters. The van der Waals surface area contributed by atoms with Crippen LogP contribution in [0.3, 0.4) is 0 Å². The third-order valence-corrected chi connectivity index (χ3v) is 2.58. The molecule has 18 heavy (non-hydrogen) atoms. The zero-order chi connectivity index (χ0) is 14.1. The number of halogens is 6. The number of hydrogen-bond donors (Lipinski definition) is 0. The Balaban J connectivity index is 3.41. The first-order valence-corrected chi connectivity index (χ1v) is 5.28. The zero-order valence-corrected chi connectivity index (χ0v) is 10.4. The molecule has 2 nitrogen and oxygen atoms in total. The second-order valence-corrected chi connectivity index (χ2v) is 4.11. The van der Waals surface area contributed by atoms with Crippen LogP contribution in [0.5, 0.6) is 5.75 Å². The lowest BCUT2D eigenvalue weighted by atomic mass is 10.0. The van der Waals surface area contributed by atoms with E-state index in [-0.39, 0.29) is 0 Å². The fourth-order valence-electron chi connectivity index (χ4n) is 1.32. The molecule has 0 saturated heterocycles. The van der Waals surface area contributed by atoms with Gasteiger partial charge >= 0.3 is 12.8 Å². The number of carbonyl (C=O) groups excluding carboxylic acids is 1. The normalized spacial score (nSPS) is 11.8. The van der Waals surface area contributed by atoms with E-state index >= 15 is 0 Å². The van der Waals surface area contributed by atoms with Gasteiger partial charge < -0.3 is 4.74 Å². The molecule has 0 aliphatic carbocycles. The average molecular weight is 333 g/mol. The molecule has 0 saturated carbocycles. The van der Waals surface area contributed by atoms with Crippen molar-refractivity contribution in [2.75, 3.05) is 0 Å². The SMILES string of the molecule is CC(=O)c1cc(OC(F)F)cc(Br)c1C(F)(F)F. The fraction of sp³-hybridized carbons (Fsp3) is 0.300. The lowest BCUT2D eigenvalue weighted by Crippen LogP contribution is -2.14. The molecule has 0 bridgehead atoms. The van der Waals surface area contributed by atoms with E-state index in [0.29, 0.717) is 6.07 Å². The first-order valence-electron chi connectivity index (χ1n) is 4.49. The lowest BCUT2D eigenvalue weighted by molar-refractivity contribution is -0.138. The van der Waals surface area contributed by atoms with Crippen LogP contribution in [0, 0.1) is 0 Å². The first kappa shape index (κ1) is 14.9. The average Bonchev–Trinajstić information content (AvgIpc) is 2.12. The van der Waals surface area contributed by atoms with E-state index in [2.05, 4.69) is 20.7 Å². The van der Waals surface area contributed by atoms with Crippen molar-refractivity contribution in [2.45, 2.75) is 19.7 Å². The smallest absolute Gasteiger partial charge is 0.418 e. The zero-order valence-electron chi connectivity index (χ0n) is 8.82. The minimum Gasteiger partial charge on any atom is -0.435 e. The maximum absolute atomic E-state index is 12.7. The van der Waals surface area contributed by atoms with Gasteiger partial charge in [-0.05, 0) is 19.1 Å². The van der Waals surface area contributed by atoms with Gasteiger partial charge in [0.15, 0.2) is 5.78 Å². The Bertz CT molecular complexity index is 470. The standard InChI is InChI=1S/C10H6BrF5O2/c1-4(17)6-2-5(18-9(12)13)3-7(11)8(6)10(14,15)16/h2-3,9H,1H3. The van der Waals surface area contributed by atoms with Crippen molar-refractivity contribution in [1.29, 1.82) is 0 Å². The van der Waals surface area contributed by atoms with E-state index in [4.69, 9.17) is 0 Å². The summed E-state index contributed by atoms with van der Waals surface area (Å²) < 4.78 is 65.5. The number of Topliss-reactive ketones (excluding diaryl/α,β-unsaturated/α-hetero) is 1. The molecule has 100 valence electrons. The minimum atomic E-state index is -4.77. The van der Waals surface area contributed by atoms with Crippen LogP contribution >= 0.6 is 15.9 Å². The van der Waals surface area contributed by atoms with Crippen LogP contribution in [-0.4, -0.2) is 12.4 Å². The Labute approximate surface area is 107 Å². The number of benzene rings is 1. The van der Waals surface area contributed by atoms with Gasteiger partial charge in [-0.1, -0.05) is 15.9 Å². The van der Waals surface area contributed by atoms with Crippen LogP contribution < -0.4 is 4.74 Å². The first-order chi connectivity index (χ1) is 8.12. The molecule has 0 radical (unpaired) electrons. The number of alkyl halides is 5. The van der Waals surface area contributed by atoms with Crippen LogP contribution in [0.15, 0.2) is 16.6 Å². The van der Waals surface area contributed by atoms with E-state index in [1.807, 2.05) is 0 Å². The van der Waals surface area contributed by atoms with Gasteiger partial charge in [0.05, 0.1) is 5.56 Å². The predicted molar refractivity (Wildman–Crippen MR) is 55.8 cm³/mol. The number of hydrogen-bond acceptors (Lipinski definition) is 2. The number of rotatable bonds is 3. The maximum atomic E-state index is 12.7. The van der Waals surface area contributed by atoms with Gasteiger partial charge in [-0.2, -0.15) is 22.0 Å². The molecule has 1 aromatic rings. The molecular weight excluding hydrogens is 327 g/mol. The van der Waals surface area contributed by atoms with Crippen LogP contribution in [0.2, 0.25) is 0 Å². The highest BCUT2D eigenvalue weighted by Gasteiger charge is 2.37. The molecule has 0 aliphatic rings. The molecule has 1 aromatic carbocycles. The van der Waals surface area contributed by atoms with E-state index in [9.17, 15) is 26.7 Å². The monoisotopic (exact) mass is 332 g/mol. The number of carbonyl (C=O) groups is 1. The second kappa shape index (κ2) is 5.21. The van der Waals surface area contributed by atoms with Gasteiger partial charge in [-0.15, -0.1) is 0 Å². The minimum absolute atomic E-state index is 0.518. The van der Waals surface area contributed by atoms with Crippen LogP contribution in [0.25, 0.3) is 0 Å². The molecule has 0 aliphatic heterocycles. The van der Waals surface area contributed by atoms with Gasteiger partial charge in [0.2, 0.25) is 0 Å². The summed E-state index contributed by atoms with van der Waals surface area (Å²) in [6.45, 7) is -2.28. The third-order valence-electron chi connectivity index (χ3n) is 1.95. The molecular formula is C10H6BrF5O2.